The maximum absolute atomic E-state index is 12.4. The van der Waals surface area contributed by atoms with Crippen molar-refractivity contribution in [3.8, 4) is 17.1 Å². The van der Waals surface area contributed by atoms with Gasteiger partial charge in [-0.05, 0) is 73.2 Å². The third kappa shape index (κ3) is 5.12. The van der Waals surface area contributed by atoms with Gasteiger partial charge in [-0.2, -0.15) is 16.9 Å². The highest BCUT2D eigenvalue weighted by Gasteiger charge is 2.29. The number of amides is 1. The summed E-state index contributed by atoms with van der Waals surface area (Å²) in [6.07, 6.45) is 2.34. The molecule has 0 saturated carbocycles. The van der Waals surface area contributed by atoms with Gasteiger partial charge in [-0.25, -0.2) is 18.1 Å². The molecule has 4 rings (SSSR count). The van der Waals surface area contributed by atoms with Crippen LogP contribution in [-0.4, -0.2) is 52.9 Å². The number of hydrogen-bond donors (Lipinski definition) is 1. The zero-order chi connectivity index (χ0) is 24.3. The third-order valence-corrected chi connectivity index (χ3v) is 8.61. The first kappa shape index (κ1) is 24.3. The number of sulfonamides is 1. The van der Waals surface area contributed by atoms with Crippen LogP contribution in [0.15, 0.2) is 42.5 Å². The standard InChI is InChI=1S/C24H29N5O3S2/c1-3-33-13-5-9-22-26-24(29(27-22)20-8-4-7-18(16-20)23(25)30)21-11-10-19(15-17(21)2)28-12-6-14-34(28,31)32/h4,7-8,10-11,15-16H,3,5-6,9,12-14H2,1-2H3,(H2,25,30). The smallest absolute Gasteiger partial charge is 0.248 e. The van der Waals surface area contributed by atoms with E-state index >= 15 is 0 Å². The van der Waals surface area contributed by atoms with Gasteiger partial charge in [-0.15, -0.1) is 0 Å². The van der Waals surface area contributed by atoms with Gasteiger partial charge >= 0.3 is 0 Å². The van der Waals surface area contributed by atoms with Crippen LogP contribution < -0.4 is 10.0 Å². The number of benzene rings is 2. The summed E-state index contributed by atoms with van der Waals surface area (Å²) in [6.45, 7) is 4.58. The highest BCUT2D eigenvalue weighted by molar-refractivity contribution is 7.99. The molecule has 34 heavy (non-hydrogen) atoms. The van der Waals surface area contributed by atoms with Crippen molar-refractivity contribution in [3.63, 3.8) is 0 Å². The molecule has 1 aromatic heterocycles. The zero-order valence-corrected chi connectivity index (χ0v) is 21.0. The first-order valence-electron chi connectivity index (χ1n) is 11.4. The van der Waals surface area contributed by atoms with Crippen molar-refractivity contribution in [2.24, 2.45) is 5.73 Å². The van der Waals surface area contributed by atoms with Crippen LogP contribution >= 0.6 is 11.8 Å². The van der Waals surface area contributed by atoms with E-state index in [1.54, 1.807) is 22.9 Å². The molecule has 1 aliphatic heterocycles. The molecule has 0 spiro atoms. The van der Waals surface area contributed by atoms with E-state index in [0.717, 1.165) is 41.3 Å². The van der Waals surface area contributed by atoms with E-state index < -0.39 is 15.9 Å². The lowest BCUT2D eigenvalue weighted by Crippen LogP contribution is -2.25. The zero-order valence-electron chi connectivity index (χ0n) is 19.4. The van der Waals surface area contributed by atoms with E-state index in [1.807, 2.05) is 43.0 Å². The SMILES string of the molecule is CCSCCCc1nc(-c2ccc(N3CCCS3(=O)=O)cc2C)n(-c2cccc(C(N)=O)c2)n1. The lowest BCUT2D eigenvalue weighted by molar-refractivity contribution is 0.1000. The number of primary amides is 1. The minimum absolute atomic E-state index is 0.179. The number of carbonyl (C=O) groups is 1. The van der Waals surface area contributed by atoms with Gasteiger partial charge < -0.3 is 5.73 Å². The van der Waals surface area contributed by atoms with Crippen molar-refractivity contribution in [1.29, 1.82) is 0 Å². The van der Waals surface area contributed by atoms with E-state index in [9.17, 15) is 13.2 Å². The molecular weight excluding hydrogens is 470 g/mol. The summed E-state index contributed by atoms with van der Waals surface area (Å²) in [5.41, 5.74) is 8.99. The minimum atomic E-state index is -3.26. The third-order valence-electron chi connectivity index (χ3n) is 5.76. The molecule has 8 nitrogen and oxygen atoms in total. The number of carbonyl (C=O) groups excluding carboxylic acids is 1. The Bertz CT molecular complexity index is 1300. The van der Waals surface area contributed by atoms with Crippen molar-refractivity contribution in [3.05, 3.63) is 59.4 Å². The molecule has 0 bridgehead atoms. The molecule has 0 unspecified atom stereocenters. The van der Waals surface area contributed by atoms with Crippen molar-refractivity contribution in [1.82, 2.24) is 14.8 Å². The molecule has 1 aliphatic rings. The minimum Gasteiger partial charge on any atom is -0.366 e. The molecule has 0 atom stereocenters. The predicted octanol–water partition coefficient (Wildman–Crippen LogP) is 3.57. The van der Waals surface area contributed by atoms with E-state index in [4.69, 9.17) is 15.8 Å². The van der Waals surface area contributed by atoms with Crippen LogP contribution in [0.2, 0.25) is 0 Å². The Morgan fingerprint density at radius 1 is 1.18 bits per heavy atom. The molecule has 0 aliphatic carbocycles. The summed E-state index contributed by atoms with van der Waals surface area (Å²) in [7, 11) is -3.26. The van der Waals surface area contributed by atoms with E-state index in [0.29, 0.717) is 35.7 Å². The summed E-state index contributed by atoms with van der Waals surface area (Å²) in [5, 5.41) is 4.76. The van der Waals surface area contributed by atoms with Crippen LogP contribution in [0, 0.1) is 6.92 Å². The first-order valence-corrected chi connectivity index (χ1v) is 14.1. The van der Waals surface area contributed by atoms with Gasteiger partial charge in [0.2, 0.25) is 15.9 Å². The molecule has 1 fully saturated rings. The largest absolute Gasteiger partial charge is 0.366 e. The van der Waals surface area contributed by atoms with Crippen molar-refractivity contribution in [2.75, 3.05) is 28.1 Å². The fraction of sp³-hybridized carbons (Fsp3) is 0.375. The van der Waals surface area contributed by atoms with Gasteiger partial charge in [0.25, 0.3) is 0 Å². The molecule has 1 amide bonds. The first-order chi connectivity index (χ1) is 16.3. The highest BCUT2D eigenvalue weighted by atomic mass is 32.2. The van der Waals surface area contributed by atoms with Gasteiger partial charge in [0.15, 0.2) is 11.6 Å². The topological polar surface area (TPSA) is 111 Å². The Kier molecular flexibility index (Phi) is 7.27. The Balaban J connectivity index is 1.74. The molecule has 1 saturated heterocycles. The number of aromatic nitrogens is 3. The highest BCUT2D eigenvalue weighted by Crippen LogP contribution is 2.31. The Morgan fingerprint density at radius 2 is 2.00 bits per heavy atom. The monoisotopic (exact) mass is 499 g/mol. The normalized spacial score (nSPS) is 15.1. The molecule has 10 heteroatoms. The quantitative estimate of drug-likeness (QED) is 0.451. The molecule has 2 aromatic carbocycles. The van der Waals surface area contributed by atoms with Gasteiger partial charge in [-0.3, -0.25) is 9.10 Å². The average molecular weight is 500 g/mol. The summed E-state index contributed by atoms with van der Waals surface area (Å²) >= 11 is 1.88. The number of nitrogens with two attached hydrogens (primary N) is 1. The van der Waals surface area contributed by atoms with Gasteiger partial charge in [0.05, 0.1) is 17.1 Å². The Morgan fingerprint density at radius 3 is 2.68 bits per heavy atom. The number of hydrogen-bond acceptors (Lipinski definition) is 6. The molecular formula is C24H29N5O3S2. The lowest BCUT2D eigenvalue weighted by atomic mass is 10.1. The van der Waals surface area contributed by atoms with Crippen LogP contribution in [0.4, 0.5) is 5.69 Å². The maximum atomic E-state index is 12.4. The number of thioether (sulfide) groups is 1. The van der Waals surface area contributed by atoms with Crippen LogP contribution in [-0.2, 0) is 16.4 Å². The number of nitrogens with zero attached hydrogens (tertiary/aromatic N) is 4. The fourth-order valence-electron chi connectivity index (χ4n) is 4.07. The molecule has 3 aromatic rings. The van der Waals surface area contributed by atoms with Gasteiger partial charge in [0, 0.05) is 24.1 Å². The summed E-state index contributed by atoms with van der Waals surface area (Å²) in [5.74, 6) is 3.15. The van der Waals surface area contributed by atoms with Gasteiger partial charge in [0.1, 0.15) is 0 Å². The van der Waals surface area contributed by atoms with E-state index in [-0.39, 0.29) is 5.75 Å². The van der Waals surface area contributed by atoms with Crippen LogP contribution in [0.3, 0.4) is 0 Å². The average Bonchev–Trinajstić information content (AvgIpc) is 3.39. The Hall–Kier alpha value is -2.85. The second kappa shape index (κ2) is 10.2. The predicted molar refractivity (Wildman–Crippen MR) is 137 cm³/mol. The molecule has 180 valence electrons. The van der Waals surface area contributed by atoms with Crippen LogP contribution in [0.25, 0.3) is 17.1 Å². The lowest BCUT2D eigenvalue weighted by Gasteiger charge is -2.18. The van der Waals surface area contributed by atoms with Gasteiger partial charge in [-0.1, -0.05) is 13.0 Å². The second-order valence-corrected chi connectivity index (χ2v) is 11.6. The summed E-state index contributed by atoms with van der Waals surface area (Å²) in [6, 6.07) is 12.6. The van der Waals surface area contributed by atoms with Crippen molar-refractivity contribution in [2.45, 2.75) is 33.1 Å². The van der Waals surface area contributed by atoms with Crippen LogP contribution in [0.1, 0.15) is 41.5 Å². The van der Waals surface area contributed by atoms with E-state index in [2.05, 4.69) is 6.92 Å². The summed E-state index contributed by atoms with van der Waals surface area (Å²) in [4.78, 5) is 16.6. The second-order valence-electron chi connectivity index (χ2n) is 8.22. The van der Waals surface area contributed by atoms with Crippen LogP contribution in [0.5, 0.6) is 0 Å². The Labute approximate surface area is 204 Å². The number of rotatable bonds is 9. The summed E-state index contributed by atoms with van der Waals surface area (Å²) < 4.78 is 27.9. The van der Waals surface area contributed by atoms with Crippen molar-refractivity contribution < 1.29 is 13.2 Å². The molecule has 0 radical (unpaired) electrons. The maximum Gasteiger partial charge on any atom is 0.248 e. The number of aryl methyl sites for hydroxylation is 2. The molecule has 2 heterocycles. The number of anilines is 1. The fourth-order valence-corrected chi connectivity index (χ4v) is 6.26. The molecule has 2 N–H and O–H groups in total. The van der Waals surface area contributed by atoms with Crippen molar-refractivity contribution >= 4 is 33.4 Å². The van der Waals surface area contributed by atoms with E-state index in [1.165, 1.54) is 4.31 Å².